The van der Waals surface area contributed by atoms with Crippen molar-refractivity contribution in [2.45, 2.75) is 37.3 Å². The molecule has 6 heteroatoms. The minimum atomic E-state index is -0.213. The summed E-state index contributed by atoms with van der Waals surface area (Å²) in [5, 5.41) is 4.04. The van der Waals surface area contributed by atoms with Crippen LogP contribution in [0.3, 0.4) is 0 Å². The number of para-hydroxylation sites is 1. The van der Waals surface area contributed by atoms with Crippen molar-refractivity contribution in [3.63, 3.8) is 0 Å². The SMILES string of the molecule is CC(C)CC(N)c1nc(C2CSc3ccccc3O2)no1. The second-order valence-corrected chi connectivity index (χ2v) is 6.65. The molecule has 2 N–H and O–H groups in total. The fourth-order valence-corrected chi connectivity index (χ4v) is 3.27. The van der Waals surface area contributed by atoms with E-state index in [4.69, 9.17) is 15.0 Å². The number of aromatic nitrogens is 2. The number of hydrogen-bond acceptors (Lipinski definition) is 6. The van der Waals surface area contributed by atoms with Gasteiger partial charge >= 0.3 is 0 Å². The molecule has 1 aliphatic rings. The summed E-state index contributed by atoms with van der Waals surface area (Å²) in [6.07, 6.45) is 0.638. The van der Waals surface area contributed by atoms with E-state index in [0.29, 0.717) is 17.6 Å². The zero-order chi connectivity index (χ0) is 14.8. The summed E-state index contributed by atoms with van der Waals surface area (Å²) in [5.41, 5.74) is 6.07. The van der Waals surface area contributed by atoms with Gasteiger partial charge in [-0.05, 0) is 24.5 Å². The van der Waals surface area contributed by atoms with Gasteiger partial charge in [0.2, 0.25) is 11.7 Å². The Labute approximate surface area is 128 Å². The normalized spacial score (nSPS) is 19.1. The highest BCUT2D eigenvalue weighted by molar-refractivity contribution is 7.99. The maximum absolute atomic E-state index is 6.07. The minimum absolute atomic E-state index is 0.186. The van der Waals surface area contributed by atoms with Gasteiger partial charge < -0.3 is 15.0 Å². The molecule has 0 amide bonds. The second kappa shape index (κ2) is 6.07. The molecule has 1 aromatic heterocycles. The van der Waals surface area contributed by atoms with Crippen LogP contribution in [0.1, 0.15) is 44.1 Å². The van der Waals surface area contributed by atoms with Gasteiger partial charge in [-0.2, -0.15) is 4.98 Å². The van der Waals surface area contributed by atoms with Crippen LogP contribution >= 0.6 is 11.8 Å². The van der Waals surface area contributed by atoms with Crippen molar-refractivity contribution < 1.29 is 9.26 Å². The summed E-state index contributed by atoms with van der Waals surface area (Å²) in [5.74, 6) is 3.20. The fraction of sp³-hybridized carbons (Fsp3) is 0.467. The fourth-order valence-electron chi connectivity index (χ4n) is 2.28. The van der Waals surface area contributed by atoms with E-state index in [0.717, 1.165) is 22.8 Å². The van der Waals surface area contributed by atoms with Crippen LogP contribution in [0.15, 0.2) is 33.7 Å². The van der Waals surface area contributed by atoms with Gasteiger partial charge in [0.15, 0.2) is 6.10 Å². The van der Waals surface area contributed by atoms with E-state index in [1.165, 1.54) is 0 Å². The number of hydrogen-bond donors (Lipinski definition) is 1. The molecule has 2 aromatic rings. The van der Waals surface area contributed by atoms with Crippen molar-refractivity contribution in [3.8, 4) is 5.75 Å². The van der Waals surface area contributed by atoms with E-state index < -0.39 is 0 Å². The monoisotopic (exact) mass is 305 g/mol. The Hall–Kier alpha value is -1.53. The van der Waals surface area contributed by atoms with Gasteiger partial charge in [0.05, 0.1) is 6.04 Å². The number of thioether (sulfide) groups is 1. The summed E-state index contributed by atoms with van der Waals surface area (Å²) in [6.45, 7) is 4.24. The van der Waals surface area contributed by atoms with Gasteiger partial charge in [-0.3, -0.25) is 0 Å². The Morgan fingerprint density at radius 2 is 2.19 bits per heavy atom. The Balaban J connectivity index is 1.73. The maximum atomic E-state index is 6.07. The molecule has 0 radical (unpaired) electrons. The third-order valence-corrected chi connectivity index (χ3v) is 4.41. The van der Waals surface area contributed by atoms with Crippen molar-refractivity contribution in [2.75, 3.05) is 5.75 Å². The first kappa shape index (κ1) is 14.4. The first-order valence-electron chi connectivity index (χ1n) is 7.11. The molecule has 0 saturated carbocycles. The molecule has 0 spiro atoms. The Kier molecular flexibility index (Phi) is 4.17. The Morgan fingerprint density at radius 3 is 3.00 bits per heavy atom. The molecule has 1 aromatic carbocycles. The summed E-state index contributed by atoms with van der Waals surface area (Å²) in [4.78, 5) is 5.57. The highest BCUT2D eigenvalue weighted by Crippen LogP contribution is 2.39. The molecule has 1 aliphatic heterocycles. The summed E-state index contributed by atoms with van der Waals surface area (Å²) in [7, 11) is 0. The summed E-state index contributed by atoms with van der Waals surface area (Å²) >= 11 is 1.74. The number of rotatable bonds is 4. The van der Waals surface area contributed by atoms with Crippen molar-refractivity contribution in [1.82, 2.24) is 10.1 Å². The third kappa shape index (κ3) is 3.22. The molecule has 2 heterocycles. The van der Waals surface area contributed by atoms with E-state index in [1.807, 2.05) is 18.2 Å². The largest absolute Gasteiger partial charge is 0.480 e. The Morgan fingerprint density at radius 1 is 1.38 bits per heavy atom. The zero-order valence-corrected chi connectivity index (χ0v) is 13.0. The predicted octanol–water partition coefficient (Wildman–Crippen LogP) is 3.34. The number of ether oxygens (including phenoxy) is 1. The first-order valence-corrected chi connectivity index (χ1v) is 8.09. The van der Waals surface area contributed by atoms with E-state index in [2.05, 4.69) is 30.1 Å². The van der Waals surface area contributed by atoms with E-state index in [9.17, 15) is 0 Å². The maximum Gasteiger partial charge on any atom is 0.243 e. The van der Waals surface area contributed by atoms with Crippen LogP contribution in [0, 0.1) is 5.92 Å². The molecule has 2 unspecified atom stereocenters. The lowest BCUT2D eigenvalue weighted by Crippen LogP contribution is -2.17. The molecule has 112 valence electrons. The van der Waals surface area contributed by atoms with Gasteiger partial charge in [-0.1, -0.05) is 31.1 Å². The van der Waals surface area contributed by atoms with Gasteiger partial charge in [-0.25, -0.2) is 0 Å². The average molecular weight is 305 g/mol. The second-order valence-electron chi connectivity index (χ2n) is 5.59. The van der Waals surface area contributed by atoms with Gasteiger partial charge in [0.25, 0.3) is 0 Å². The molecule has 0 saturated heterocycles. The van der Waals surface area contributed by atoms with Crippen LogP contribution in [-0.4, -0.2) is 15.9 Å². The zero-order valence-electron chi connectivity index (χ0n) is 12.2. The smallest absolute Gasteiger partial charge is 0.243 e. The van der Waals surface area contributed by atoms with Crippen LogP contribution < -0.4 is 10.5 Å². The third-order valence-electron chi connectivity index (χ3n) is 3.30. The van der Waals surface area contributed by atoms with Crippen LogP contribution in [-0.2, 0) is 0 Å². The highest BCUT2D eigenvalue weighted by atomic mass is 32.2. The van der Waals surface area contributed by atoms with Gasteiger partial charge in [0.1, 0.15) is 5.75 Å². The molecule has 5 nitrogen and oxygen atoms in total. The van der Waals surface area contributed by atoms with Gasteiger partial charge in [0, 0.05) is 10.6 Å². The molecular weight excluding hydrogens is 286 g/mol. The summed E-state index contributed by atoms with van der Waals surface area (Å²) in [6, 6.07) is 7.76. The van der Waals surface area contributed by atoms with Crippen LogP contribution in [0.4, 0.5) is 0 Å². The molecule has 2 atom stereocenters. The van der Waals surface area contributed by atoms with E-state index in [1.54, 1.807) is 11.8 Å². The highest BCUT2D eigenvalue weighted by Gasteiger charge is 2.27. The number of nitrogens with two attached hydrogens (primary N) is 1. The standard InChI is InChI=1S/C15H19N3O2S/c1-9(2)7-10(16)15-17-14(18-20-15)12-8-21-13-6-4-3-5-11(13)19-12/h3-6,9-10,12H,7-8,16H2,1-2H3. The van der Waals surface area contributed by atoms with Crippen LogP contribution in [0.2, 0.25) is 0 Å². The summed E-state index contributed by atoms with van der Waals surface area (Å²) < 4.78 is 11.2. The molecule has 0 bridgehead atoms. The molecule has 21 heavy (non-hydrogen) atoms. The molecule has 0 fully saturated rings. The van der Waals surface area contributed by atoms with Crippen LogP contribution in [0.25, 0.3) is 0 Å². The van der Waals surface area contributed by atoms with Crippen molar-refractivity contribution in [2.24, 2.45) is 11.7 Å². The Bertz CT molecular complexity index is 614. The molecular formula is C15H19N3O2S. The average Bonchev–Trinajstić information content (AvgIpc) is 2.96. The van der Waals surface area contributed by atoms with E-state index >= 15 is 0 Å². The van der Waals surface area contributed by atoms with Crippen molar-refractivity contribution in [1.29, 1.82) is 0 Å². The molecule has 0 aliphatic carbocycles. The van der Waals surface area contributed by atoms with E-state index in [-0.39, 0.29) is 12.1 Å². The number of benzene rings is 1. The van der Waals surface area contributed by atoms with Gasteiger partial charge in [-0.15, -0.1) is 11.8 Å². The predicted molar refractivity (Wildman–Crippen MR) is 81.2 cm³/mol. The van der Waals surface area contributed by atoms with Crippen molar-refractivity contribution in [3.05, 3.63) is 36.0 Å². The topological polar surface area (TPSA) is 74.2 Å². The lowest BCUT2D eigenvalue weighted by molar-refractivity contribution is 0.204. The quantitative estimate of drug-likeness (QED) is 0.933. The lowest BCUT2D eigenvalue weighted by atomic mass is 10.0. The first-order chi connectivity index (χ1) is 10.1. The minimum Gasteiger partial charge on any atom is -0.480 e. The van der Waals surface area contributed by atoms with Crippen LogP contribution in [0.5, 0.6) is 5.75 Å². The lowest BCUT2D eigenvalue weighted by Gasteiger charge is -2.22. The number of fused-ring (bicyclic) bond motifs is 1. The van der Waals surface area contributed by atoms with Crippen molar-refractivity contribution >= 4 is 11.8 Å². The molecule has 3 rings (SSSR count). The number of nitrogens with zero attached hydrogens (tertiary/aromatic N) is 2.